The lowest BCUT2D eigenvalue weighted by molar-refractivity contribution is -0.114. The molecule has 6 nitrogen and oxygen atoms in total. The van der Waals surface area contributed by atoms with E-state index in [1.54, 1.807) is 0 Å². The number of hydrogen-bond donors (Lipinski definition) is 3. The van der Waals surface area contributed by atoms with Crippen LogP contribution in [0.25, 0.3) is 0 Å². The number of aryl methyl sites for hydroxylation is 1. The maximum Gasteiger partial charge on any atom is 0.221 e. The molecule has 3 rings (SSSR count). The van der Waals surface area contributed by atoms with E-state index >= 15 is 0 Å². The summed E-state index contributed by atoms with van der Waals surface area (Å²) < 4.78 is 0. The molecule has 7 heteroatoms. The first-order valence-corrected chi connectivity index (χ1v) is 8.37. The van der Waals surface area contributed by atoms with Gasteiger partial charge in [-0.15, -0.1) is 0 Å². The first-order valence-electron chi connectivity index (χ1n) is 7.99. The van der Waals surface area contributed by atoms with E-state index in [4.69, 9.17) is 11.6 Å². The second kappa shape index (κ2) is 7.84. The van der Waals surface area contributed by atoms with Crippen LogP contribution in [0, 0.1) is 6.92 Å². The van der Waals surface area contributed by atoms with Crippen LogP contribution in [-0.2, 0) is 4.79 Å². The fourth-order valence-electron chi connectivity index (χ4n) is 2.39. The quantitative estimate of drug-likeness (QED) is 0.598. The normalized spacial score (nSPS) is 10.3. The average molecular weight is 368 g/mol. The van der Waals surface area contributed by atoms with Gasteiger partial charge in [-0.1, -0.05) is 11.6 Å². The van der Waals surface area contributed by atoms with Crippen LogP contribution in [0.3, 0.4) is 0 Å². The molecule has 0 atom stereocenters. The Bertz CT molecular complexity index is 927. The lowest BCUT2D eigenvalue weighted by atomic mass is 10.2. The van der Waals surface area contributed by atoms with Gasteiger partial charge >= 0.3 is 0 Å². The number of hydrogen-bond acceptors (Lipinski definition) is 5. The molecule has 0 radical (unpaired) electrons. The third-order valence-electron chi connectivity index (χ3n) is 3.60. The Hall–Kier alpha value is -3.12. The minimum Gasteiger partial charge on any atom is -0.340 e. The molecular weight excluding hydrogens is 350 g/mol. The highest BCUT2D eigenvalue weighted by Gasteiger charge is 2.04. The molecule has 3 N–H and O–H groups in total. The molecule has 26 heavy (non-hydrogen) atoms. The molecule has 0 saturated carbocycles. The highest BCUT2D eigenvalue weighted by molar-refractivity contribution is 6.30. The largest absolute Gasteiger partial charge is 0.340 e. The van der Waals surface area contributed by atoms with Gasteiger partial charge in [0, 0.05) is 35.1 Å². The van der Waals surface area contributed by atoms with Crippen molar-refractivity contribution in [2.24, 2.45) is 0 Å². The van der Waals surface area contributed by atoms with Crippen molar-refractivity contribution >= 4 is 46.2 Å². The standard InChI is InChI=1S/C19H18ClN5O/c1-12-9-14(20)3-8-17(12)25-19-10-18(21-11-22-19)24-16-6-4-15(5-7-16)23-13(2)26/h3-11H,1-2H3,(H,23,26)(H2,21,22,24,25). The molecule has 3 aromatic rings. The molecule has 0 fully saturated rings. The summed E-state index contributed by atoms with van der Waals surface area (Å²) >= 11 is 5.99. The third-order valence-corrected chi connectivity index (χ3v) is 3.83. The number of benzene rings is 2. The monoisotopic (exact) mass is 367 g/mol. The van der Waals surface area contributed by atoms with Gasteiger partial charge < -0.3 is 16.0 Å². The molecule has 132 valence electrons. The van der Waals surface area contributed by atoms with E-state index in [2.05, 4.69) is 25.9 Å². The van der Waals surface area contributed by atoms with Crippen molar-refractivity contribution in [3.05, 3.63) is 65.4 Å². The van der Waals surface area contributed by atoms with Gasteiger partial charge in [-0.05, 0) is 55.0 Å². The van der Waals surface area contributed by atoms with Crippen LogP contribution in [0.4, 0.5) is 28.7 Å². The molecule has 1 aromatic heterocycles. The van der Waals surface area contributed by atoms with E-state index in [9.17, 15) is 4.79 Å². The number of carbonyl (C=O) groups excluding carboxylic acids is 1. The lowest BCUT2D eigenvalue weighted by Crippen LogP contribution is -2.05. The van der Waals surface area contributed by atoms with Crippen molar-refractivity contribution in [3.63, 3.8) is 0 Å². The van der Waals surface area contributed by atoms with Crippen LogP contribution < -0.4 is 16.0 Å². The number of nitrogens with zero attached hydrogens (tertiary/aromatic N) is 2. The van der Waals surface area contributed by atoms with E-state index in [-0.39, 0.29) is 5.91 Å². The van der Waals surface area contributed by atoms with Crippen molar-refractivity contribution in [2.75, 3.05) is 16.0 Å². The Morgan fingerprint density at radius 2 is 1.58 bits per heavy atom. The molecule has 1 heterocycles. The average Bonchev–Trinajstić information content (AvgIpc) is 2.59. The molecule has 0 aliphatic heterocycles. The van der Waals surface area contributed by atoms with E-state index in [0.29, 0.717) is 16.7 Å². The van der Waals surface area contributed by atoms with Crippen LogP contribution in [-0.4, -0.2) is 15.9 Å². The van der Waals surface area contributed by atoms with Gasteiger partial charge in [-0.25, -0.2) is 9.97 Å². The lowest BCUT2D eigenvalue weighted by Gasteiger charge is -2.11. The van der Waals surface area contributed by atoms with Gasteiger partial charge in [0.25, 0.3) is 0 Å². The van der Waals surface area contributed by atoms with Crippen LogP contribution in [0.1, 0.15) is 12.5 Å². The summed E-state index contributed by atoms with van der Waals surface area (Å²) in [5.41, 5.74) is 3.55. The van der Waals surface area contributed by atoms with Crippen LogP contribution in [0.15, 0.2) is 54.9 Å². The zero-order valence-corrected chi connectivity index (χ0v) is 15.1. The Kier molecular flexibility index (Phi) is 5.34. The summed E-state index contributed by atoms with van der Waals surface area (Å²) in [6.07, 6.45) is 1.49. The number of amides is 1. The van der Waals surface area contributed by atoms with Gasteiger partial charge in [0.15, 0.2) is 0 Å². The molecule has 0 bridgehead atoms. The second-order valence-electron chi connectivity index (χ2n) is 5.76. The fourth-order valence-corrected chi connectivity index (χ4v) is 2.61. The molecule has 0 saturated heterocycles. The summed E-state index contributed by atoms with van der Waals surface area (Å²) in [4.78, 5) is 19.5. The number of halogens is 1. The number of carbonyl (C=O) groups is 1. The molecule has 0 spiro atoms. The van der Waals surface area contributed by atoms with Crippen LogP contribution in [0.2, 0.25) is 5.02 Å². The molecule has 1 amide bonds. The van der Waals surface area contributed by atoms with Crippen LogP contribution >= 0.6 is 11.6 Å². The number of rotatable bonds is 5. The number of aromatic nitrogens is 2. The Labute approximate surface area is 156 Å². The predicted octanol–water partition coefficient (Wildman–Crippen LogP) is 4.88. The zero-order chi connectivity index (χ0) is 18.5. The Balaban J connectivity index is 1.72. The fraction of sp³-hybridized carbons (Fsp3) is 0.105. The van der Waals surface area contributed by atoms with Crippen LogP contribution in [0.5, 0.6) is 0 Å². The smallest absolute Gasteiger partial charge is 0.221 e. The maximum atomic E-state index is 11.1. The molecule has 0 aliphatic carbocycles. The molecule has 0 aliphatic rings. The third kappa shape index (κ3) is 4.70. The van der Waals surface area contributed by atoms with Crippen molar-refractivity contribution < 1.29 is 4.79 Å². The van der Waals surface area contributed by atoms with E-state index < -0.39 is 0 Å². The van der Waals surface area contributed by atoms with Gasteiger partial charge in [-0.3, -0.25) is 4.79 Å². The SMILES string of the molecule is CC(=O)Nc1ccc(Nc2cc(Nc3ccc(Cl)cc3C)ncn2)cc1. The molecule has 0 unspecified atom stereocenters. The van der Waals surface area contributed by atoms with E-state index in [1.807, 2.05) is 55.5 Å². The van der Waals surface area contributed by atoms with Crippen molar-refractivity contribution in [3.8, 4) is 0 Å². The maximum absolute atomic E-state index is 11.1. The van der Waals surface area contributed by atoms with E-state index in [0.717, 1.165) is 22.6 Å². The Morgan fingerprint density at radius 1 is 0.923 bits per heavy atom. The summed E-state index contributed by atoms with van der Waals surface area (Å²) in [6, 6.07) is 14.8. The summed E-state index contributed by atoms with van der Waals surface area (Å²) in [6.45, 7) is 3.45. The van der Waals surface area contributed by atoms with Gasteiger partial charge in [0.05, 0.1) is 0 Å². The van der Waals surface area contributed by atoms with Crippen molar-refractivity contribution in [1.29, 1.82) is 0 Å². The first kappa shape index (κ1) is 17.7. The first-order chi connectivity index (χ1) is 12.5. The van der Waals surface area contributed by atoms with Crippen molar-refractivity contribution in [2.45, 2.75) is 13.8 Å². The molecular formula is C19H18ClN5O. The zero-order valence-electron chi connectivity index (χ0n) is 14.4. The summed E-state index contributed by atoms with van der Waals surface area (Å²) in [5, 5.41) is 9.89. The predicted molar refractivity (Wildman–Crippen MR) is 106 cm³/mol. The molecule has 2 aromatic carbocycles. The Morgan fingerprint density at radius 3 is 2.23 bits per heavy atom. The van der Waals surface area contributed by atoms with Gasteiger partial charge in [0.2, 0.25) is 5.91 Å². The highest BCUT2D eigenvalue weighted by atomic mass is 35.5. The van der Waals surface area contributed by atoms with Crippen molar-refractivity contribution in [1.82, 2.24) is 9.97 Å². The van der Waals surface area contributed by atoms with Gasteiger partial charge in [-0.2, -0.15) is 0 Å². The van der Waals surface area contributed by atoms with E-state index in [1.165, 1.54) is 13.3 Å². The summed E-state index contributed by atoms with van der Waals surface area (Å²) in [7, 11) is 0. The minimum atomic E-state index is -0.102. The highest BCUT2D eigenvalue weighted by Crippen LogP contribution is 2.24. The number of anilines is 5. The number of nitrogens with one attached hydrogen (secondary N) is 3. The topological polar surface area (TPSA) is 78.9 Å². The minimum absolute atomic E-state index is 0.102. The van der Waals surface area contributed by atoms with Gasteiger partial charge in [0.1, 0.15) is 18.0 Å². The second-order valence-corrected chi connectivity index (χ2v) is 6.19. The summed E-state index contributed by atoms with van der Waals surface area (Å²) in [5.74, 6) is 1.22.